The van der Waals surface area contributed by atoms with Gasteiger partial charge in [0.1, 0.15) is 0 Å². The fourth-order valence-corrected chi connectivity index (χ4v) is 4.76. The number of carboxylic acids is 2. The third kappa shape index (κ3) is 6.31. The molecule has 1 unspecified atom stereocenters. The van der Waals surface area contributed by atoms with Gasteiger partial charge in [-0.15, -0.1) is 0 Å². The number of rotatable bonds is 5. The molecule has 1 aromatic heterocycles. The van der Waals surface area contributed by atoms with Crippen LogP contribution in [0.5, 0.6) is 0 Å². The van der Waals surface area contributed by atoms with Crippen molar-refractivity contribution in [2.75, 3.05) is 19.6 Å². The third-order valence-electron chi connectivity index (χ3n) is 6.53. The molecule has 2 N–H and O–H groups in total. The monoisotopic (exact) mass is 464 g/mol. The van der Waals surface area contributed by atoms with Crippen molar-refractivity contribution in [2.24, 2.45) is 5.92 Å². The minimum Gasteiger partial charge on any atom is -0.481 e. The maximum atomic E-state index is 11.7. The summed E-state index contributed by atoms with van der Waals surface area (Å²) in [6, 6.07) is 14.6. The van der Waals surface area contributed by atoms with Crippen LogP contribution in [0.2, 0.25) is 0 Å². The highest BCUT2D eigenvalue weighted by Gasteiger charge is 2.41. The van der Waals surface area contributed by atoms with E-state index in [1.165, 1.54) is 18.4 Å². The molecule has 1 aromatic carbocycles. The van der Waals surface area contributed by atoms with Gasteiger partial charge in [-0.1, -0.05) is 30.3 Å². The number of nitrogens with zero attached hydrogens (tertiary/aromatic N) is 2. The second-order valence-electron chi connectivity index (χ2n) is 8.60. The van der Waals surface area contributed by atoms with E-state index in [0.717, 1.165) is 31.6 Å². The lowest BCUT2D eigenvalue weighted by Gasteiger charge is -2.41. The van der Waals surface area contributed by atoms with Gasteiger partial charge in [-0.05, 0) is 67.4 Å². The molecule has 33 heavy (non-hydrogen) atoms. The number of hydrogen-bond acceptors (Lipinski definition) is 4. The van der Waals surface area contributed by atoms with Crippen LogP contribution in [0.15, 0.2) is 48.7 Å². The Bertz CT molecular complexity index is 958. The van der Waals surface area contributed by atoms with Crippen LogP contribution >= 0.6 is 0 Å². The maximum Gasteiger partial charge on any atom is 0.490 e. The van der Waals surface area contributed by atoms with Crippen molar-refractivity contribution in [3.8, 4) is 0 Å². The highest BCUT2D eigenvalue weighted by molar-refractivity contribution is 5.73. The standard InChI is InChI=1S/C22H26N2O2.C2HF3O2/c25-21(26)18(15-19-6-3-4-12-23-19)16-24-13-10-22(11-14-24)9-8-17-5-1-2-7-20(17)22;3-2(4,5)1(6)7/h1-7,12,18H,8-11,13-16H2,(H,25,26);(H,6,7). The summed E-state index contributed by atoms with van der Waals surface area (Å²) < 4.78 is 31.7. The summed E-state index contributed by atoms with van der Waals surface area (Å²) in [5.74, 6) is -3.87. The van der Waals surface area contributed by atoms with Crippen molar-refractivity contribution in [1.29, 1.82) is 0 Å². The fourth-order valence-electron chi connectivity index (χ4n) is 4.76. The molecule has 2 aliphatic rings. The van der Waals surface area contributed by atoms with Crippen LogP contribution in [0.1, 0.15) is 36.1 Å². The lowest BCUT2D eigenvalue weighted by molar-refractivity contribution is -0.192. The average Bonchev–Trinajstić information content (AvgIpc) is 3.14. The van der Waals surface area contributed by atoms with E-state index >= 15 is 0 Å². The predicted octanol–water partition coefficient (Wildman–Crippen LogP) is 3.94. The van der Waals surface area contributed by atoms with Crippen LogP contribution in [0.3, 0.4) is 0 Å². The number of pyridine rings is 1. The maximum absolute atomic E-state index is 11.7. The molecule has 1 fully saturated rings. The molecule has 1 aliphatic carbocycles. The van der Waals surface area contributed by atoms with E-state index in [-0.39, 0.29) is 0 Å². The molecule has 1 saturated heterocycles. The van der Waals surface area contributed by atoms with E-state index in [9.17, 15) is 23.1 Å². The van der Waals surface area contributed by atoms with Gasteiger partial charge in [-0.2, -0.15) is 13.2 Å². The number of aryl methyl sites for hydroxylation is 1. The number of halogens is 3. The third-order valence-corrected chi connectivity index (χ3v) is 6.53. The highest BCUT2D eigenvalue weighted by atomic mass is 19.4. The number of piperidine rings is 1. The summed E-state index contributed by atoms with van der Waals surface area (Å²) in [6.07, 6.45) is 1.86. The predicted molar refractivity (Wildman–Crippen MR) is 115 cm³/mol. The Labute approximate surface area is 190 Å². The van der Waals surface area contributed by atoms with Crippen molar-refractivity contribution in [1.82, 2.24) is 9.88 Å². The Morgan fingerprint density at radius 2 is 1.67 bits per heavy atom. The number of likely N-dealkylation sites (tertiary alicyclic amines) is 1. The van der Waals surface area contributed by atoms with Gasteiger partial charge in [0.15, 0.2) is 0 Å². The van der Waals surface area contributed by atoms with Gasteiger partial charge in [0.2, 0.25) is 0 Å². The minimum absolute atomic E-state index is 0.326. The molecule has 1 aliphatic heterocycles. The molecular formula is C24H27F3N2O4. The van der Waals surface area contributed by atoms with Crippen molar-refractivity contribution in [3.05, 3.63) is 65.5 Å². The van der Waals surface area contributed by atoms with Crippen LogP contribution in [0, 0.1) is 5.92 Å². The smallest absolute Gasteiger partial charge is 0.481 e. The summed E-state index contributed by atoms with van der Waals surface area (Å²) in [5.41, 5.74) is 4.24. The number of carbonyl (C=O) groups is 2. The number of hydrogen-bond donors (Lipinski definition) is 2. The molecular weight excluding hydrogens is 437 g/mol. The van der Waals surface area contributed by atoms with Gasteiger partial charge in [0.05, 0.1) is 5.92 Å². The normalized spacial score (nSPS) is 18.2. The fraction of sp³-hybridized carbons (Fsp3) is 0.458. The zero-order chi connectivity index (χ0) is 24.1. The van der Waals surface area contributed by atoms with Gasteiger partial charge < -0.3 is 15.1 Å². The molecule has 6 nitrogen and oxygen atoms in total. The van der Waals surface area contributed by atoms with Gasteiger partial charge in [-0.3, -0.25) is 9.78 Å². The Balaban J connectivity index is 0.000000383. The van der Waals surface area contributed by atoms with Crippen molar-refractivity contribution in [2.45, 2.75) is 43.7 Å². The summed E-state index contributed by atoms with van der Waals surface area (Å²) in [4.78, 5) is 27.3. The lowest BCUT2D eigenvalue weighted by Crippen LogP contribution is -2.44. The van der Waals surface area contributed by atoms with Crippen molar-refractivity contribution >= 4 is 11.9 Å². The highest BCUT2D eigenvalue weighted by Crippen LogP contribution is 2.46. The van der Waals surface area contributed by atoms with E-state index in [0.29, 0.717) is 18.4 Å². The summed E-state index contributed by atoms with van der Waals surface area (Å²) in [5, 5.41) is 16.8. The van der Waals surface area contributed by atoms with Gasteiger partial charge in [0.25, 0.3) is 0 Å². The quantitative estimate of drug-likeness (QED) is 0.697. The Morgan fingerprint density at radius 3 is 2.24 bits per heavy atom. The topological polar surface area (TPSA) is 90.7 Å². The molecule has 0 radical (unpaired) electrons. The van der Waals surface area contributed by atoms with E-state index in [4.69, 9.17) is 9.90 Å². The largest absolute Gasteiger partial charge is 0.490 e. The number of carboxylic acid groups (broad SMARTS) is 2. The van der Waals surface area contributed by atoms with Gasteiger partial charge >= 0.3 is 18.1 Å². The van der Waals surface area contributed by atoms with Crippen LogP contribution in [-0.4, -0.2) is 57.8 Å². The summed E-state index contributed by atoms with van der Waals surface area (Å²) >= 11 is 0. The Kier molecular flexibility index (Phi) is 7.73. The molecule has 9 heteroatoms. The molecule has 4 rings (SSSR count). The first kappa shape index (κ1) is 24.7. The van der Waals surface area contributed by atoms with Crippen LogP contribution in [0.25, 0.3) is 0 Å². The lowest BCUT2D eigenvalue weighted by atomic mass is 9.73. The average molecular weight is 464 g/mol. The first-order valence-corrected chi connectivity index (χ1v) is 10.8. The molecule has 2 heterocycles. The minimum atomic E-state index is -5.08. The molecule has 0 amide bonds. The Morgan fingerprint density at radius 1 is 1.03 bits per heavy atom. The van der Waals surface area contributed by atoms with Crippen molar-refractivity contribution < 1.29 is 33.0 Å². The number of aromatic nitrogens is 1. The van der Waals surface area contributed by atoms with E-state index in [1.807, 2.05) is 18.2 Å². The van der Waals surface area contributed by atoms with E-state index < -0.39 is 24.0 Å². The molecule has 0 saturated carbocycles. The zero-order valence-electron chi connectivity index (χ0n) is 18.1. The first-order chi connectivity index (χ1) is 15.6. The number of aliphatic carboxylic acids is 2. The number of alkyl halides is 3. The molecule has 2 aromatic rings. The first-order valence-electron chi connectivity index (χ1n) is 10.8. The molecule has 1 spiro atoms. The van der Waals surface area contributed by atoms with Crippen LogP contribution < -0.4 is 0 Å². The summed E-state index contributed by atoms with van der Waals surface area (Å²) in [7, 11) is 0. The van der Waals surface area contributed by atoms with Gasteiger partial charge in [-0.25, -0.2) is 4.79 Å². The van der Waals surface area contributed by atoms with E-state index in [2.05, 4.69) is 34.1 Å². The van der Waals surface area contributed by atoms with Crippen LogP contribution in [-0.2, 0) is 27.8 Å². The number of fused-ring (bicyclic) bond motifs is 2. The molecule has 0 bridgehead atoms. The van der Waals surface area contributed by atoms with Crippen molar-refractivity contribution in [3.63, 3.8) is 0 Å². The van der Waals surface area contributed by atoms with E-state index in [1.54, 1.807) is 11.8 Å². The Hall–Kier alpha value is -2.94. The second-order valence-corrected chi connectivity index (χ2v) is 8.60. The van der Waals surface area contributed by atoms with Gasteiger partial charge in [0, 0.05) is 24.9 Å². The summed E-state index contributed by atoms with van der Waals surface area (Å²) in [6.45, 7) is 2.59. The van der Waals surface area contributed by atoms with Crippen LogP contribution in [0.4, 0.5) is 13.2 Å². The zero-order valence-corrected chi connectivity index (χ0v) is 18.1. The SMILES string of the molecule is O=C(O)C(Cc1ccccn1)CN1CCC2(CCc3ccccc32)CC1.O=C(O)C(F)(F)F. The molecule has 1 atom stereocenters. The second kappa shape index (κ2) is 10.3. The molecule has 178 valence electrons. The number of benzene rings is 1.